The van der Waals surface area contributed by atoms with Crippen LogP contribution in [0.3, 0.4) is 0 Å². The second-order valence-electron chi connectivity index (χ2n) is 9.47. The fourth-order valence-electron chi connectivity index (χ4n) is 4.54. The van der Waals surface area contributed by atoms with E-state index in [1.165, 1.54) is 31.2 Å². The molecule has 0 spiro atoms. The molecule has 234 valence electrons. The number of nitrogens with zero attached hydrogens (tertiary/aromatic N) is 2. The highest BCUT2D eigenvalue weighted by Crippen LogP contribution is 2.39. The summed E-state index contributed by atoms with van der Waals surface area (Å²) in [6.07, 6.45) is -3.46. The summed E-state index contributed by atoms with van der Waals surface area (Å²) in [5.74, 6) is -0.685. The number of alkyl halides is 3. The summed E-state index contributed by atoms with van der Waals surface area (Å²) in [5.41, 5.74) is -1.24. The van der Waals surface area contributed by atoms with Crippen molar-refractivity contribution in [1.82, 2.24) is 4.57 Å². The highest BCUT2D eigenvalue weighted by atomic mass is 127. The zero-order chi connectivity index (χ0) is 32.6. The van der Waals surface area contributed by atoms with Crippen LogP contribution < -0.4 is 19.6 Å². The van der Waals surface area contributed by atoms with Crippen molar-refractivity contribution in [1.29, 1.82) is 0 Å². The van der Waals surface area contributed by atoms with Gasteiger partial charge in [0.25, 0.3) is 5.56 Å². The molecule has 1 aliphatic heterocycles. The van der Waals surface area contributed by atoms with Crippen molar-refractivity contribution in [3.8, 4) is 5.75 Å². The Balaban J connectivity index is 1.60. The van der Waals surface area contributed by atoms with Gasteiger partial charge >= 0.3 is 12.1 Å². The average Bonchev–Trinajstić information content (AvgIpc) is 3.28. The molecule has 2 heterocycles. The van der Waals surface area contributed by atoms with E-state index in [-0.39, 0.29) is 28.1 Å². The summed E-state index contributed by atoms with van der Waals surface area (Å²) in [4.78, 5) is 30.4. The van der Waals surface area contributed by atoms with Crippen molar-refractivity contribution in [2.75, 3.05) is 6.61 Å². The van der Waals surface area contributed by atoms with Gasteiger partial charge in [-0.05, 0) is 105 Å². The van der Waals surface area contributed by atoms with E-state index in [4.69, 9.17) is 44.3 Å². The number of halogens is 8. The molecular formula is C30H18BrCl3F3IN2O4S. The number of fused-ring (bicyclic) bond motifs is 1. The molecule has 4 aromatic rings. The van der Waals surface area contributed by atoms with Gasteiger partial charge in [0.1, 0.15) is 12.4 Å². The van der Waals surface area contributed by atoms with Crippen LogP contribution in [-0.2, 0) is 16.1 Å². The predicted octanol–water partition coefficient (Wildman–Crippen LogP) is 8.25. The lowest BCUT2D eigenvalue weighted by Crippen LogP contribution is -2.41. The topological polar surface area (TPSA) is 69.9 Å². The predicted molar refractivity (Wildman–Crippen MR) is 180 cm³/mol. The van der Waals surface area contributed by atoms with Gasteiger partial charge in [-0.3, -0.25) is 9.36 Å². The number of aromatic nitrogens is 1. The van der Waals surface area contributed by atoms with Crippen LogP contribution in [0.15, 0.2) is 80.1 Å². The van der Waals surface area contributed by atoms with Crippen LogP contribution in [0.25, 0.3) is 6.08 Å². The molecule has 3 aromatic carbocycles. The minimum Gasteiger partial charge on any atom is -0.487 e. The van der Waals surface area contributed by atoms with Crippen molar-refractivity contribution in [3.05, 3.63) is 125 Å². The fraction of sp³-hybridized carbons (Fsp3) is 0.167. The van der Waals surface area contributed by atoms with Gasteiger partial charge < -0.3 is 9.47 Å². The normalized spacial score (nSPS) is 15.1. The number of carbonyl (C=O) groups excluding carboxylic acids is 1. The van der Waals surface area contributed by atoms with Gasteiger partial charge in [0.15, 0.2) is 10.5 Å². The first-order valence-corrected chi connectivity index (χ1v) is 16.7. The molecule has 0 radical (unpaired) electrons. The van der Waals surface area contributed by atoms with Gasteiger partial charge in [0.2, 0.25) is 0 Å². The van der Waals surface area contributed by atoms with Crippen LogP contribution in [0.5, 0.6) is 5.75 Å². The fourth-order valence-corrected chi connectivity index (χ4v) is 7.75. The molecule has 1 atom stereocenters. The molecule has 0 bridgehead atoms. The smallest absolute Gasteiger partial charge is 0.434 e. The number of rotatable bonds is 7. The number of carbonyl (C=O) groups is 1. The summed E-state index contributed by atoms with van der Waals surface area (Å²) < 4.78 is 56.4. The summed E-state index contributed by atoms with van der Waals surface area (Å²) in [5, 5.41) is 1.16. The Labute approximate surface area is 295 Å². The van der Waals surface area contributed by atoms with Crippen LogP contribution in [0.2, 0.25) is 15.1 Å². The first-order chi connectivity index (χ1) is 21.3. The minimum atomic E-state index is -5.00. The molecule has 0 saturated heterocycles. The SMILES string of the molecule is CCOC(=O)C1=C(C(F)(F)F)N=c2s/c(=C\c3cc(Br)c(OCc4ccc(Cl)c(Cl)c4)c(I)c3)c(=O)n2[C@H]1c1ccc(Cl)cc1. The van der Waals surface area contributed by atoms with Crippen molar-refractivity contribution in [2.24, 2.45) is 4.99 Å². The van der Waals surface area contributed by atoms with Gasteiger partial charge in [-0.2, -0.15) is 13.2 Å². The Hall–Kier alpha value is -2.36. The third-order valence-electron chi connectivity index (χ3n) is 6.47. The van der Waals surface area contributed by atoms with Crippen LogP contribution in [0.4, 0.5) is 13.2 Å². The Morgan fingerprint density at radius 3 is 2.44 bits per heavy atom. The summed E-state index contributed by atoms with van der Waals surface area (Å²) in [6, 6.07) is 13.0. The largest absolute Gasteiger partial charge is 0.487 e. The quantitative estimate of drug-likeness (QED) is 0.139. The summed E-state index contributed by atoms with van der Waals surface area (Å²) in [7, 11) is 0. The van der Waals surface area contributed by atoms with E-state index >= 15 is 0 Å². The number of ether oxygens (including phenoxy) is 2. The molecule has 1 aromatic heterocycles. The molecule has 0 saturated carbocycles. The number of hydrogen-bond donors (Lipinski definition) is 0. The molecule has 0 aliphatic carbocycles. The van der Waals surface area contributed by atoms with Crippen molar-refractivity contribution in [2.45, 2.75) is 25.7 Å². The van der Waals surface area contributed by atoms with Crippen LogP contribution in [0.1, 0.15) is 29.7 Å². The van der Waals surface area contributed by atoms with Crippen LogP contribution >= 0.6 is 84.7 Å². The van der Waals surface area contributed by atoms with E-state index in [9.17, 15) is 22.8 Å². The summed E-state index contributed by atoms with van der Waals surface area (Å²) in [6.45, 7) is 1.51. The van der Waals surface area contributed by atoms with Gasteiger partial charge in [-0.25, -0.2) is 9.79 Å². The first kappa shape index (κ1) is 34.0. The minimum absolute atomic E-state index is 0.103. The Morgan fingerprint density at radius 1 is 1.11 bits per heavy atom. The Bertz CT molecular complexity index is 2010. The molecule has 0 amide bonds. The molecular weight excluding hydrogens is 855 g/mol. The average molecular weight is 873 g/mol. The monoisotopic (exact) mass is 870 g/mol. The molecule has 15 heteroatoms. The highest BCUT2D eigenvalue weighted by Gasteiger charge is 2.45. The molecule has 6 nitrogen and oxygen atoms in total. The lowest BCUT2D eigenvalue weighted by atomic mass is 9.95. The van der Waals surface area contributed by atoms with Crippen LogP contribution in [-0.4, -0.2) is 23.3 Å². The maximum atomic E-state index is 14.3. The van der Waals surface area contributed by atoms with Crippen molar-refractivity contribution >= 4 is 96.7 Å². The lowest BCUT2D eigenvalue weighted by Gasteiger charge is -2.26. The second-order valence-corrected chi connectivity index (χ2v) is 13.7. The van der Waals surface area contributed by atoms with Gasteiger partial charge in [0, 0.05) is 5.02 Å². The highest BCUT2D eigenvalue weighted by molar-refractivity contribution is 14.1. The lowest BCUT2D eigenvalue weighted by molar-refractivity contribution is -0.140. The van der Waals surface area contributed by atoms with E-state index in [1.807, 2.05) is 0 Å². The molecule has 45 heavy (non-hydrogen) atoms. The maximum absolute atomic E-state index is 14.3. The van der Waals surface area contributed by atoms with Gasteiger partial charge in [0.05, 0.1) is 40.8 Å². The van der Waals surface area contributed by atoms with E-state index in [0.29, 0.717) is 34.4 Å². The maximum Gasteiger partial charge on any atom is 0.434 e. The number of allylic oxidation sites excluding steroid dienone is 1. The number of esters is 1. The van der Waals surface area contributed by atoms with Crippen molar-refractivity contribution < 1.29 is 27.4 Å². The zero-order valence-corrected chi connectivity index (χ0v) is 29.6. The molecule has 0 N–H and O–H groups in total. The van der Waals surface area contributed by atoms with E-state index in [1.54, 1.807) is 36.4 Å². The molecule has 0 unspecified atom stereocenters. The number of hydrogen-bond acceptors (Lipinski definition) is 6. The third-order valence-corrected chi connectivity index (χ3v) is 9.83. The molecule has 1 aliphatic rings. The first-order valence-electron chi connectivity index (χ1n) is 12.9. The van der Waals surface area contributed by atoms with Gasteiger partial charge in [-0.15, -0.1) is 0 Å². The molecule has 0 fully saturated rings. The van der Waals surface area contributed by atoms with Crippen molar-refractivity contribution in [3.63, 3.8) is 0 Å². The van der Waals surface area contributed by atoms with Gasteiger partial charge in [-0.1, -0.05) is 64.3 Å². The van der Waals surface area contributed by atoms with E-state index in [2.05, 4.69) is 43.5 Å². The molecule has 5 rings (SSSR count). The Kier molecular flexibility index (Phi) is 10.4. The van der Waals surface area contributed by atoms with Crippen LogP contribution in [0, 0.1) is 3.57 Å². The number of benzene rings is 3. The van der Waals surface area contributed by atoms with E-state index < -0.39 is 35.0 Å². The van der Waals surface area contributed by atoms with E-state index in [0.717, 1.165) is 21.5 Å². The Morgan fingerprint density at radius 2 is 1.82 bits per heavy atom. The second kappa shape index (κ2) is 13.8. The third kappa shape index (κ3) is 7.31. The summed E-state index contributed by atoms with van der Waals surface area (Å²) >= 11 is 24.5. The standard InChI is InChI=1S/C30H18BrCl3F3IN2O4S/c1-2-43-28(42)23-24(16-4-6-17(32)7-5-16)40-27(41)22(45-29(40)39-26(23)30(35,36)37)12-15-9-18(31)25(21(38)11-15)44-13-14-3-8-19(33)20(34)10-14/h3-12,24H,2,13H2,1H3/b22-12-/t24-/m0/s1. The zero-order valence-electron chi connectivity index (χ0n) is 22.7. The number of thiazole rings is 1.